The maximum atomic E-state index is 12.2. The van der Waals surface area contributed by atoms with Crippen LogP contribution in [-0.4, -0.2) is 26.2 Å². The number of esters is 1. The molecule has 0 saturated carbocycles. The average molecular weight is 344 g/mol. The van der Waals surface area contributed by atoms with Crippen molar-refractivity contribution in [1.82, 2.24) is 5.32 Å². The summed E-state index contributed by atoms with van der Waals surface area (Å²) in [5, 5.41) is 3.25. The second kappa shape index (κ2) is 8.27. The Bertz CT molecular complexity index is 449. The van der Waals surface area contributed by atoms with Crippen molar-refractivity contribution in [2.24, 2.45) is 5.92 Å². The molecule has 0 aliphatic heterocycles. The minimum atomic E-state index is -0.498. The zero-order valence-electron chi connectivity index (χ0n) is 12.4. The van der Waals surface area contributed by atoms with Gasteiger partial charge in [0.1, 0.15) is 11.8 Å². The van der Waals surface area contributed by atoms with E-state index in [0.717, 1.165) is 16.6 Å². The lowest BCUT2D eigenvalue weighted by Gasteiger charge is -2.20. The van der Waals surface area contributed by atoms with E-state index < -0.39 is 6.04 Å². The highest BCUT2D eigenvalue weighted by molar-refractivity contribution is 9.10. The molecule has 0 fully saturated rings. The predicted molar refractivity (Wildman–Crippen MR) is 82.9 cm³/mol. The smallest absolute Gasteiger partial charge is 0.327 e. The van der Waals surface area contributed by atoms with Gasteiger partial charge < -0.3 is 14.8 Å². The minimum Gasteiger partial charge on any atom is -0.497 e. The third-order valence-electron chi connectivity index (χ3n) is 2.77. The van der Waals surface area contributed by atoms with Crippen LogP contribution in [0.1, 0.15) is 32.4 Å². The number of hydrogen-bond acceptors (Lipinski definition) is 4. The molecule has 0 saturated heterocycles. The number of hydrogen-bond donors (Lipinski definition) is 1. The van der Waals surface area contributed by atoms with Crippen molar-refractivity contribution in [3.63, 3.8) is 0 Å². The second-order valence-electron chi connectivity index (χ2n) is 4.87. The summed E-state index contributed by atoms with van der Waals surface area (Å²) in [7, 11) is 1.61. The molecule has 1 N–H and O–H groups in total. The Balaban J connectivity index is 3.04. The van der Waals surface area contributed by atoms with Gasteiger partial charge in [-0.25, -0.2) is 4.79 Å². The number of halogens is 1. The average Bonchev–Trinajstić information content (AvgIpc) is 2.41. The number of rotatable bonds is 7. The summed E-state index contributed by atoms with van der Waals surface area (Å²) in [6.07, 6.45) is 0. The van der Waals surface area contributed by atoms with Crippen molar-refractivity contribution in [1.29, 1.82) is 0 Å². The molecule has 0 aliphatic rings. The highest BCUT2D eigenvalue weighted by Gasteiger charge is 2.24. The topological polar surface area (TPSA) is 47.6 Å². The van der Waals surface area contributed by atoms with Crippen molar-refractivity contribution in [2.45, 2.75) is 26.8 Å². The summed E-state index contributed by atoms with van der Waals surface area (Å²) in [4.78, 5) is 12.2. The van der Waals surface area contributed by atoms with Gasteiger partial charge in [-0.15, -0.1) is 0 Å². The maximum Gasteiger partial charge on any atom is 0.327 e. The van der Waals surface area contributed by atoms with Crippen molar-refractivity contribution in [3.05, 3.63) is 28.2 Å². The van der Waals surface area contributed by atoms with E-state index in [-0.39, 0.29) is 5.97 Å². The van der Waals surface area contributed by atoms with Crippen molar-refractivity contribution in [2.75, 3.05) is 20.3 Å². The van der Waals surface area contributed by atoms with Crippen molar-refractivity contribution in [3.8, 4) is 5.75 Å². The molecule has 20 heavy (non-hydrogen) atoms. The SMILES string of the molecule is CCOC(=O)C(NCC(C)C)c1cc(OC)ccc1Br. The van der Waals surface area contributed by atoms with Crippen LogP contribution >= 0.6 is 15.9 Å². The van der Waals surface area contributed by atoms with E-state index in [4.69, 9.17) is 9.47 Å². The van der Waals surface area contributed by atoms with Crippen LogP contribution in [0.3, 0.4) is 0 Å². The molecule has 1 atom stereocenters. The quantitative estimate of drug-likeness (QED) is 0.771. The van der Waals surface area contributed by atoms with E-state index in [0.29, 0.717) is 18.3 Å². The van der Waals surface area contributed by atoms with Crippen LogP contribution in [0.4, 0.5) is 0 Å². The first-order chi connectivity index (χ1) is 9.49. The van der Waals surface area contributed by atoms with Gasteiger partial charge in [0.2, 0.25) is 0 Å². The first-order valence-electron chi connectivity index (χ1n) is 6.73. The summed E-state index contributed by atoms with van der Waals surface area (Å²) in [6, 6.07) is 5.07. The zero-order valence-corrected chi connectivity index (χ0v) is 14.0. The van der Waals surface area contributed by atoms with Gasteiger partial charge in [0.05, 0.1) is 13.7 Å². The van der Waals surface area contributed by atoms with Crippen LogP contribution in [-0.2, 0) is 9.53 Å². The van der Waals surface area contributed by atoms with E-state index in [1.54, 1.807) is 14.0 Å². The van der Waals surface area contributed by atoms with Gasteiger partial charge in [0.25, 0.3) is 0 Å². The van der Waals surface area contributed by atoms with Crippen LogP contribution in [0.5, 0.6) is 5.75 Å². The van der Waals surface area contributed by atoms with Gasteiger partial charge in [-0.05, 0) is 43.1 Å². The summed E-state index contributed by atoms with van der Waals surface area (Å²) >= 11 is 3.48. The molecule has 112 valence electrons. The van der Waals surface area contributed by atoms with Crippen LogP contribution in [0.2, 0.25) is 0 Å². The molecule has 1 unspecified atom stereocenters. The van der Waals surface area contributed by atoms with Crippen LogP contribution in [0, 0.1) is 5.92 Å². The van der Waals surface area contributed by atoms with E-state index in [9.17, 15) is 4.79 Å². The summed E-state index contributed by atoms with van der Waals surface area (Å²) < 4.78 is 11.2. The molecule has 4 nitrogen and oxygen atoms in total. The maximum absolute atomic E-state index is 12.2. The van der Waals surface area contributed by atoms with Gasteiger partial charge in [-0.1, -0.05) is 29.8 Å². The Kier molecular flexibility index (Phi) is 7.02. The number of methoxy groups -OCH3 is 1. The van der Waals surface area contributed by atoms with Gasteiger partial charge in [-0.2, -0.15) is 0 Å². The molecule has 0 heterocycles. The lowest BCUT2D eigenvalue weighted by Crippen LogP contribution is -2.33. The molecule has 1 aromatic rings. The Morgan fingerprint density at radius 2 is 2.10 bits per heavy atom. The number of nitrogens with one attached hydrogen (secondary N) is 1. The molecule has 0 radical (unpaired) electrons. The van der Waals surface area contributed by atoms with Gasteiger partial charge in [0.15, 0.2) is 0 Å². The standard InChI is InChI=1S/C15H22BrNO3/c1-5-20-15(18)14(17-9-10(2)3)12-8-11(19-4)6-7-13(12)16/h6-8,10,14,17H,5,9H2,1-4H3. The van der Waals surface area contributed by atoms with E-state index in [2.05, 4.69) is 35.1 Å². The molecular formula is C15H22BrNO3. The fraction of sp³-hybridized carbons (Fsp3) is 0.533. The summed E-state index contributed by atoms with van der Waals surface area (Å²) in [6.45, 7) is 7.08. The monoisotopic (exact) mass is 343 g/mol. The Morgan fingerprint density at radius 1 is 1.40 bits per heavy atom. The van der Waals surface area contributed by atoms with E-state index >= 15 is 0 Å². The molecule has 0 aliphatic carbocycles. The third-order valence-corrected chi connectivity index (χ3v) is 3.49. The van der Waals surface area contributed by atoms with Gasteiger partial charge in [0, 0.05) is 4.47 Å². The second-order valence-corrected chi connectivity index (χ2v) is 5.73. The number of carbonyl (C=O) groups excluding carboxylic acids is 1. The fourth-order valence-corrected chi connectivity index (χ4v) is 2.24. The summed E-state index contributed by atoms with van der Waals surface area (Å²) in [5.74, 6) is 0.877. The first-order valence-corrected chi connectivity index (χ1v) is 7.52. The third kappa shape index (κ3) is 4.80. The van der Waals surface area contributed by atoms with Crippen LogP contribution in [0.15, 0.2) is 22.7 Å². The highest BCUT2D eigenvalue weighted by atomic mass is 79.9. The molecule has 1 rings (SSSR count). The number of ether oxygens (including phenoxy) is 2. The normalized spacial score (nSPS) is 12.3. The Labute approximate surface area is 129 Å². The molecule has 1 aromatic carbocycles. The molecular weight excluding hydrogens is 322 g/mol. The van der Waals surface area contributed by atoms with Crippen molar-refractivity contribution >= 4 is 21.9 Å². The zero-order chi connectivity index (χ0) is 15.1. The molecule has 0 bridgehead atoms. The van der Waals surface area contributed by atoms with E-state index in [1.807, 2.05) is 18.2 Å². The molecule has 0 amide bonds. The minimum absolute atomic E-state index is 0.276. The molecule has 5 heteroatoms. The van der Waals surface area contributed by atoms with Crippen molar-refractivity contribution < 1.29 is 14.3 Å². The lowest BCUT2D eigenvalue weighted by atomic mass is 10.1. The van der Waals surface area contributed by atoms with E-state index in [1.165, 1.54) is 0 Å². The number of carbonyl (C=O) groups is 1. The predicted octanol–water partition coefficient (Wildman–Crippen LogP) is 3.31. The van der Waals surface area contributed by atoms with Crippen LogP contribution < -0.4 is 10.1 Å². The van der Waals surface area contributed by atoms with Crippen LogP contribution in [0.25, 0.3) is 0 Å². The Morgan fingerprint density at radius 3 is 2.65 bits per heavy atom. The number of benzene rings is 1. The Hall–Kier alpha value is -1.07. The lowest BCUT2D eigenvalue weighted by molar-refractivity contribution is -0.145. The fourth-order valence-electron chi connectivity index (χ4n) is 1.77. The largest absolute Gasteiger partial charge is 0.497 e. The first kappa shape index (κ1) is 17.0. The summed E-state index contributed by atoms with van der Waals surface area (Å²) in [5.41, 5.74) is 0.823. The molecule has 0 aromatic heterocycles. The van der Waals surface area contributed by atoms with Gasteiger partial charge in [-0.3, -0.25) is 0 Å². The molecule has 0 spiro atoms. The van der Waals surface area contributed by atoms with Gasteiger partial charge >= 0.3 is 5.97 Å². The highest BCUT2D eigenvalue weighted by Crippen LogP contribution is 2.28.